The summed E-state index contributed by atoms with van der Waals surface area (Å²) in [5.41, 5.74) is 5.75. The first-order valence-electron chi connectivity index (χ1n) is 9.21. The minimum Gasteiger partial charge on any atom is -0.345 e. The van der Waals surface area contributed by atoms with Crippen LogP contribution in [0.15, 0.2) is 78.9 Å². The van der Waals surface area contributed by atoms with Crippen molar-refractivity contribution in [2.24, 2.45) is 7.05 Å². The number of imidazole rings is 2. The molecule has 0 aliphatic rings. The third-order valence-corrected chi connectivity index (χ3v) is 5.56. The van der Waals surface area contributed by atoms with Crippen molar-refractivity contribution < 1.29 is 0 Å². The van der Waals surface area contributed by atoms with Crippen molar-refractivity contribution >= 4 is 51.3 Å². The van der Waals surface area contributed by atoms with Crippen LogP contribution in [0.1, 0.15) is 5.69 Å². The van der Waals surface area contributed by atoms with Gasteiger partial charge in [-0.2, -0.15) is 0 Å². The number of para-hydroxylation sites is 3. The van der Waals surface area contributed by atoms with Crippen LogP contribution in [0.4, 0.5) is 5.69 Å². The molecule has 5 rings (SSSR count). The van der Waals surface area contributed by atoms with E-state index >= 15 is 0 Å². The summed E-state index contributed by atoms with van der Waals surface area (Å²) in [6.45, 7) is 0. The number of hydrogen-bond acceptors (Lipinski definition) is 2. The Kier molecular flexibility index (Phi) is 4.34. The van der Waals surface area contributed by atoms with Gasteiger partial charge in [-0.25, -0.2) is 4.98 Å². The summed E-state index contributed by atoms with van der Waals surface area (Å²) in [6, 6.07) is 25.9. The minimum absolute atomic E-state index is 0.616. The molecule has 2 aromatic heterocycles. The van der Waals surface area contributed by atoms with E-state index in [9.17, 15) is 0 Å². The molecule has 29 heavy (non-hydrogen) atoms. The van der Waals surface area contributed by atoms with Crippen LogP contribution in [0, 0.1) is 0 Å². The van der Waals surface area contributed by atoms with E-state index in [1.807, 2.05) is 73.8 Å². The second kappa shape index (κ2) is 7.03. The smallest absolute Gasteiger partial charge is 0.215 e. The number of aromatic nitrogens is 3. The van der Waals surface area contributed by atoms with Crippen molar-refractivity contribution in [2.45, 2.75) is 0 Å². The van der Waals surface area contributed by atoms with Gasteiger partial charge in [0.2, 0.25) is 5.78 Å². The molecule has 0 spiro atoms. The zero-order chi connectivity index (χ0) is 20.0. The van der Waals surface area contributed by atoms with Crippen molar-refractivity contribution in [1.82, 2.24) is 14.0 Å². The van der Waals surface area contributed by atoms with Crippen LogP contribution in [0.5, 0.6) is 0 Å². The van der Waals surface area contributed by atoms with Gasteiger partial charge in [0, 0.05) is 23.3 Å². The molecule has 0 amide bonds. The normalized spacial score (nSPS) is 11.2. The quantitative estimate of drug-likeness (QED) is 0.370. The van der Waals surface area contributed by atoms with E-state index < -0.39 is 0 Å². The van der Waals surface area contributed by atoms with E-state index in [0.29, 0.717) is 10.0 Å². The molecule has 2 heterocycles. The van der Waals surface area contributed by atoms with Gasteiger partial charge in [0.1, 0.15) is 16.4 Å². The average molecular weight is 417 g/mol. The first kappa shape index (κ1) is 17.9. The van der Waals surface area contributed by atoms with Gasteiger partial charge in [-0.15, -0.1) is 0 Å². The highest BCUT2D eigenvalue weighted by Gasteiger charge is 2.22. The number of anilines is 1. The Labute approximate surface area is 178 Å². The van der Waals surface area contributed by atoms with Crippen LogP contribution in [-0.2, 0) is 7.05 Å². The van der Waals surface area contributed by atoms with Crippen LogP contribution in [-0.4, -0.2) is 18.9 Å². The number of thiocarbonyl (C=S) groups is 1. The zero-order valence-electron chi connectivity index (χ0n) is 15.6. The maximum atomic E-state index is 6.10. The molecule has 0 atom stereocenters. The molecule has 0 aliphatic heterocycles. The number of halogens is 1. The Hall–Kier alpha value is -3.15. The molecule has 3 aromatic carbocycles. The number of benzene rings is 3. The van der Waals surface area contributed by atoms with E-state index in [4.69, 9.17) is 28.8 Å². The fraction of sp³-hybridized carbons (Fsp3) is 0.0435. The van der Waals surface area contributed by atoms with Crippen molar-refractivity contribution in [3.63, 3.8) is 0 Å². The molecule has 0 bridgehead atoms. The van der Waals surface area contributed by atoms with E-state index in [0.717, 1.165) is 39.4 Å². The van der Waals surface area contributed by atoms with Gasteiger partial charge in [-0.3, -0.25) is 4.40 Å². The van der Waals surface area contributed by atoms with Crippen LogP contribution >= 0.6 is 23.8 Å². The summed E-state index contributed by atoms with van der Waals surface area (Å²) >= 11 is 12.0. The van der Waals surface area contributed by atoms with Crippen molar-refractivity contribution in [2.75, 3.05) is 5.32 Å². The number of nitrogens with one attached hydrogen (secondary N) is 1. The van der Waals surface area contributed by atoms with Crippen LogP contribution in [0.25, 0.3) is 28.1 Å². The zero-order valence-corrected chi connectivity index (χ0v) is 17.2. The first-order chi connectivity index (χ1) is 14.1. The van der Waals surface area contributed by atoms with Crippen molar-refractivity contribution in [3.05, 3.63) is 89.6 Å². The molecule has 142 valence electrons. The summed E-state index contributed by atoms with van der Waals surface area (Å²) in [7, 11) is 2.02. The monoisotopic (exact) mass is 416 g/mol. The van der Waals surface area contributed by atoms with Crippen molar-refractivity contribution in [3.8, 4) is 11.3 Å². The second-order valence-electron chi connectivity index (χ2n) is 6.82. The van der Waals surface area contributed by atoms with Crippen molar-refractivity contribution in [1.29, 1.82) is 0 Å². The number of rotatable bonds is 3. The van der Waals surface area contributed by atoms with E-state index in [2.05, 4.69) is 26.4 Å². The van der Waals surface area contributed by atoms with Crippen LogP contribution in [0.2, 0.25) is 5.02 Å². The van der Waals surface area contributed by atoms with E-state index in [-0.39, 0.29) is 0 Å². The lowest BCUT2D eigenvalue weighted by Crippen LogP contribution is -2.14. The minimum atomic E-state index is 0.616. The van der Waals surface area contributed by atoms with E-state index in [1.54, 1.807) is 0 Å². The lowest BCUT2D eigenvalue weighted by atomic mass is 10.1. The molecule has 1 N–H and O–H groups in total. The molecule has 0 saturated heterocycles. The molecule has 0 radical (unpaired) electrons. The average Bonchev–Trinajstić information content (AvgIpc) is 3.26. The predicted molar refractivity (Wildman–Crippen MR) is 124 cm³/mol. The molecule has 6 heteroatoms. The number of hydrogen-bond donors (Lipinski definition) is 1. The molecule has 0 fully saturated rings. The molecule has 4 nitrogen and oxygen atoms in total. The Balaban J connectivity index is 1.78. The standard InChI is InChI=1S/C23H17ClN4S/c1-27-18-9-5-6-10-19(18)28-21(22(29)25-17-7-3-2-4-8-17)20(26-23(27)28)15-11-13-16(24)14-12-15/h2-14H,1H3,(H,25,29). The molecule has 0 saturated carbocycles. The Morgan fingerprint density at radius 3 is 2.28 bits per heavy atom. The van der Waals surface area contributed by atoms with Crippen LogP contribution < -0.4 is 5.32 Å². The fourth-order valence-corrected chi connectivity index (χ4v) is 4.07. The summed E-state index contributed by atoms with van der Waals surface area (Å²) in [6.07, 6.45) is 0. The predicted octanol–water partition coefficient (Wildman–Crippen LogP) is 5.93. The Morgan fingerprint density at radius 2 is 1.55 bits per heavy atom. The largest absolute Gasteiger partial charge is 0.345 e. The molecule has 5 aromatic rings. The number of nitrogens with zero attached hydrogens (tertiary/aromatic N) is 3. The first-order valence-corrected chi connectivity index (χ1v) is 10.0. The SMILES string of the molecule is Cn1c2ccccc2n2c(C(=S)Nc3ccccc3)c(-c3ccc(Cl)cc3)nc12. The third kappa shape index (κ3) is 2.99. The maximum Gasteiger partial charge on any atom is 0.215 e. The van der Waals surface area contributed by atoms with Gasteiger partial charge < -0.3 is 9.88 Å². The van der Waals surface area contributed by atoms with Gasteiger partial charge in [-0.05, 0) is 36.4 Å². The number of aryl methyl sites for hydroxylation is 1. The highest BCUT2D eigenvalue weighted by atomic mass is 35.5. The summed E-state index contributed by atoms with van der Waals surface area (Å²) in [4.78, 5) is 5.58. The molecule has 0 aliphatic carbocycles. The highest BCUT2D eigenvalue weighted by Crippen LogP contribution is 2.31. The topological polar surface area (TPSA) is 34.3 Å². The highest BCUT2D eigenvalue weighted by molar-refractivity contribution is 7.81. The maximum absolute atomic E-state index is 6.10. The fourth-order valence-electron chi connectivity index (χ4n) is 3.64. The lowest BCUT2D eigenvalue weighted by molar-refractivity contribution is 0.969. The Bertz CT molecular complexity index is 1350. The Morgan fingerprint density at radius 1 is 0.897 bits per heavy atom. The number of fused-ring (bicyclic) bond motifs is 3. The van der Waals surface area contributed by atoms with Crippen LogP contribution in [0.3, 0.4) is 0 Å². The van der Waals surface area contributed by atoms with Gasteiger partial charge in [0.25, 0.3) is 0 Å². The molecule has 0 unspecified atom stereocenters. The van der Waals surface area contributed by atoms with Gasteiger partial charge in [0.05, 0.1) is 11.0 Å². The van der Waals surface area contributed by atoms with Gasteiger partial charge in [-0.1, -0.05) is 66.3 Å². The third-order valence-electron chi connectivity index (χ3n) is 5.01. The summed E-state index contributed by atoms with van der Waals surface area (Å²) < 4.78 is 4.21. The second-order valence-corrected chi connectivity index (χ2v) is 7.66. The lowest BCUT2D eigenvalue weighted by Gasteiger charge is -2.10. The van der Waals surface area contributed by atoms with Gasteiger partial charge in [0.15, 0.2) is 0 Å². The summed E-state index contributed by atoms with van der Waals surface area (Å²) in [5, 5.41) is 4.06. The van der Waals surface area contributed by atoms with E-state index in [1.165, 1.54) is 0 Å². The molecular formula is C23H17ClN4S. The summed E-state index contributed by atoms with van der Waals surface area (Å²) in [5.74, 6) is 0.836. The van der Waals surface area contributed by atoms with Gasteiger partial charge >= 0.3 is 0 Å². The molecular weight excluding hydrogens is 400 g/mol.